The van der Waals surface area contributed by atoms with Crippen LogP contribution in [0.3, 0.4) is 0 Å². The van der Waals surface area contributed by atoms with Crippen molar-refractivity contribution in [2.45, 2.75) is 22.7 Å². The molecule has 2 N–H and O–H groups in total. The number of hydrogen-bond donors (Lipinski definition) is 2. The molecule has 3 aromatic rings. The molecule has 1 saturated heterocycles. The summed E-state index contributed by atoms with van der Waals surface area (Å²) in [7, 11) is -3.72. The summed E-state index contributed by atoms with van der Waals surface area (Å²) in [5.74, 6) is 0.643. The minimum atomic E-state index is -3.72. The highest BCUT2D eigenvalue weighted by Gasteiger charge is 2.44. The summed E-state index contributed by atoms with van der Waals surface area (Å²) in [6.45, 7) is 0.274. The molecule has 0 aliphatic carbocycles. The monoisotopic (exact) mass is 497 g/mol. The molecule has 0 unspecified atom stereocenters. The fourth-order valence-corrected chi connectivity index (χ4v) is 6.79. The van der Waals surface area contributed by atoms with Crippen LogP contribution in [0.15, 0.2) is 58.1 Å². The number of nitrogens with one attached hydrogen (secondary N) is 2. The van der Waals surface area contributed by atoms with Crippen LogP contribution in [0.4, 0.5) is 5.69 Å². The third kappa shape index (κ3) is 3.52. The van der Waals surface area contributed by atoms with Gasteiger partial charge < -0.3 is 19.7 Å². The average Bonchev–Trinajstić information content (AvgIpc) is 3.57. The number of carbonyl (C=O) groups is 2. The molecule has 2 aromatic carbocycles. The van der Waals surface area contributed by atoms with Crippen molar-refractivity contribution in [3.05, 3.63) is 59.5 Å². The zero-order chi connectivity index (χ0) is 23.4. The van der Waals surface area contributed by atoms with Gasteiger partial charge in [-0.25, -0.2) is 13.1 Å². The van der Waals surface area contributed by atoms with Crippen LogP contribution in [0.25, 0.3) is 11.1 Å². The summed E-state index contributed by atoms with van der Waals surface area (Å²) < 4.78 is 38.9. The maximum atomic E-state index is 13.5. The highest BCUT2D eigenvalue weighted by Crippen LogP contribution is 2.38. The second kappa shape index (κ2) is 7.83. The van der Waals surface area contributed by atoms with Crippen LogP contribution in [0.2, 0.25) is 0 Å². The van der Waals surface area contributed by atoms with Gasteiger partial charge >= 0.3 is 0 Å². The van der Waals surface area contributed by atoms with Gasteiger partial charge in [0.1, 0.15) is 10.3 Å². The molecule has 2 amide bonds. The Morgan fingerprint density at radius 3 is 2.65 bits per heavy atom. The zero-order valence-electron chi connectivity index (χ0n) is 17.7. The molecule has 1 fully saturated rings. The number of amides is 2. The smallest absolute Gasteiger partial charge is 0.256 e. The molecule has 4 heterocycles. The van der Waals surface area contributed by atoms with Gasteiger partial charge in [0, 0.05) is 12.6 Å². The summed E-state index contributed by atoms with van der Waals surface area (Å²) in [5, 5.41) is 4.52. The third-order valence-corrected chi connectivity index (χ3v) is 9.08. The number of thiophene rings is 1. The Morgan fingerprint density at radius 1 is 1.03 bits per heavy atom. The molecule has 6 rings (SSSR count). The van der Waals surface area contributed by atoms with Crippen molar-refractivity contribution < 1.29 is 27.5 Å². The summed E-state index contributed by atoms with van der Waals surface area (Å²) >= 11 is 1.11. The fourth-order valence-electron chi connectivity index (χ4n) is 4.54. The Labute approximate surface area is 199 Å². The molecule has 34 heavy (non-hydrogen) atoms. The molecule has 11 heteroatoms. The number of fused-ring (bicyclic) bond motifs is 3. The Morgan fingerprint density at radius 2 is 1.82 bits per heavy atom. The number of carbonyl (C=O) groups excluding carboxylic acids is 2. The first-order valence-electron chi connectivity index (χ1n) is 10.6. The summed E-state index contributed by atoms with van der Waals surface area (Å²) in [4.78, 5) is 27.9. The van der Waals surface area contributed by atoms with E-state index in [9.17, 15) is 18.0 Å². The number of hydrogen-bond acceptors (Lipinski definition) is 7. The van der Waals surface area contributed by atoms with E-state index in [1.807, 2.05) is 24.3 Å². The molecule has 0 bridgehead atoms. The van der Waals surface area contributed by atoms with Crippen molar-refractivity contribution in [2.24, 2.45) is 0 Å². The number of anilines is 1. The van der Waals surface area contributed by atoms with Gasteiger partial charge in [0.15, 0.2) is 11.5 Å². The third-order valence-electron chi connectivity index (χ3n) is 6.16. The van der Waals surface area contributed by atoms with E-state index in [-0.39, 0.29) is 35.8 Å². The molecule has 0 spiro atoms. The van der Waals surface area contributed by atoms with E-state index >= 15 is 0 Å². The lowest BCUT2D eigenvalue weighted by atomic mass is 10.0. The van der Waals surface area contributed by atoms with E-state index in [0.29, 0.717) is 22.7 Å². The van der Waals surface area contributed by atoms with Crippen molar-refractivity contribution in [2.75, 3.05) is 18.7 Å². The normalized spacial score (nSPS) is 21.1. The Bertz CT molecular complexity index is 1420. The number of benzene rings is 2. The van der Waals surface area contributed by atoms with E-state index < -0.39 is 22.1 Å². The van der Waals surface area contributed by atoms with E-state index in [4.69, 9.17) is 9.47 Å². The average molecular weight is 498 g/mol. The molecule has 0 saturated carbocycles. The molecule has 3 aliphatic heterocycles. The number of sulfonamides is 1. The van der Waals surface area contributed by atoms with Crippen molar-refractivity contribution in [3.63, 3.8) is 0 Å². The van der Waals surface area contributed by atoms with Gasteiger partial charge in [0.05, 0.1) is 11.3 Å². The summed E-state index contributed by atoms with van der Waals surface area (Å²) in [6.07, 6.45) is 0.200. The Kier molecular flexibility index (Phi) is 4.87. The van der Waals surface area contributed by atoms with Gasteiger partial charge in [0.2, 0.25) is 22.7 Å². The summed E-state index contributed by atoms with van der Waals surface area (Å²) in [5.41, 5.74) is 2.42. The van der Waals surface area contributed by atoms with Crippen molar-refractivity contribution in [1.29, 1.82) is 0 Å². The van der Waals surface area contributed by atoms with E-state index in [0.717, 1.165) is 22.5 Å². The van der Waals surface area contributed by atoms with Gasteiger partial charge in [-0.1, -0.05) is 18.2 Å². The van der Waals surface area contributed by atoms with Crippen molar-refractivity contribution >= 4 is 38.9 Å². The van der Waals surface area contributed by atoms with E-state index in [2.05, 4.69) is 10.0 Å². The van der Waals surface area contributed by atoms with Crippen molar-refractivity contribution in [3.8, 4) is 22.6 Å². The predicted molar refractivity (Wildman–Crippen MR) is 125 cm³/mol. The molecule has 1 aromatic heterocycles. The van der Waals surface area contributed by atoms with Gasteiger partial charge in [0.25, 0.3) is 5.91 Å². The first-order valence-corrected chi connectivity index (χ1v) is 13.0. The highest BCUT2D eigenvalue weighted by atomic mass is 32.2. The van der Waals surface area contributed by atoms with Crippen LogP contribution >= 0.6 is 11.3 Å². The Hall–Kier alpha value is -3.41. The van der Waals surface area contributed by atoms with E-state index in [1.165, 1.54) is 11.0 Å². The van der Waals surface area contributed by atoms with Crippen LogP contribution in [-0.4, -0.2) is 50.6 Å². The van der Waals surface area contributed by atoms with E-state index in [1.54, 1.807) is 23.6 Å². The quantitative estimate of drug-likeness (QED) is 0.573. The van der Waals surface area contributed by atoms with Crippen LogP contribution < -0.4 is 19.5 Å². The first kappa shape index (κ1) is 21.1. The molecule has 9 nitrogen and oxygen atoms in total. The first-order chi connectivity index (χ1) is 16.4. The zero-order valence-corrected chi connectivity index (χ0v) is 19.3. The molecule has 3 aliphatic rings. The van der Waals surface area contributed by atoms with Gasteiger partial charge in [-0.05, 0) is 53.3 Å². The number of nitrogens with zero attached hydrogens (tertiary/aromatic N) is 1. The van der Waals surface area contributed by atoms with Crippen LogP contribution in [-0.2, 0) is 14.8 Å². The minimum absolute atomic E-state index is 0.106. The topological polar surface area (TPSA) is 114 Å². The minimum Gasteiger partial charge on any atom is -0.454 e. The molecular weight excluding hydrogens is 478 g/mol. The summed E-state index contributed by atoms with van der Waals surface area (Å²) in [6, 6.07) is 12.7. The molecule has 0 radical (unpaired) electrons. The lowest BCUT2D eigenvalue weighted by molar-refractivity contribution is -0.119. The van der Waals surface area contributed by atoms with Gasteiger partial charge in [-0.3, -0.25) is 9.59 Å². The molecular formula is C23H19N3O6S2. The second-order valence-electron chi connectivity index (χ2n) is 8.28. The molecule has 2 atom stereocenters. The SMILES string of the molecule is O=C1Nc2ccc(-c3ccc4c(c3)OCO4)cc2C(=O)N2C[C@H](NS(=O)(=O)c3cccs3)C[C@H]12. The van der Waals surface area contributed by atoms with Crippen LogP contribution in [0, 0.1) is 0 Å². The van der Waals surface area contributed by atoms with Gasteiger partial charge in [-0.15, -0.1) is 11.3 Å². The standard InChI is InChI=1S/C23H19N3O6S2/c27-22-18-10-15(25-34(29,30)21-2-1-7-33-21)11-26(18)23(28)16-8-13(3-5-17(16)24-22)14-4-6-19-20(9-14)32-12-31-19/h1-9,15,18,25H,10-12H2,(H,24,27)/t15-,18-/m1/s1. The lowest BCUT2D eigenvalue weighted by Gasteiger charge is -2.20. The fraction of sp³-hybridized carbons (Fsp3) is 0.217. The van der Waals surface area contributed by atoms with Crippen LogP contribution in [0.5, 0.6) is 11.5 Å². The number of rotatable bonds is 4. The Balaban J connectivity index is 1.29. The largest absolute Gasteiger partial charge is 0.454 e. The van der Waals surface area contributed by atoms with Gasteiger partial charge in [-0.2, -0.15) is 0 Å². The maximum Gasteiger partial charge on any atom is 0.256 e. The number of ether oxygens (including phenoxy) is 2. The second-order valence-corrected chi connectivity index (χ2v) is 11.2. The maximum absolute atomic E-state index is 13.5. The molecule has 174 valence electrons. The predicted octanol–water partition coefficient (Wildman–Crippen LogP) is 2.66. The highest BCUT2D eigenvalue weighted by molar-refractivity contribution is 7.91. The van der Waals surface area contributed by atoms with Crippen LogP contribution in [0.1, 0.15) is 16.8 Å². The lowest BCUT2D eigenvalue weighted by Crippen LogP contribution is -2.41. The van der Waals surface area contributed by atoms with Crippen molar-refractivity contribution in [1.82, 2.24) is 9.62 Å².